The Hall–Kier alpha value is -2.08. The Morgan fingerprint density at radius 3 is 2.40 bits per heavy atom. The van der Waals surface area contributed by atoms with Crippen LogP contribution in [0.3, 0.4) is 0 Å². The summed E-state index contributed by atoms with van der Waals surface area (Å²) in [5.74, 6) is 0.0579. The van der Waals surface area contributed by atoms with Gasteiger partial charge in [-0.15, -0.1) is 0 Å². The first-order valence-electron chi connectivity index (χ1n) is 6.65. The SMILES string of the molecule is COC(=O)Nc1ccc(NC(=O)[C@H]2CCCNC2)cc1. The van der Waals surface area contributed by atoms with Crippen molar-refractivity contribution in [3.63, 3.8) is 0 Å². The minimum absolute atomic E-state index is 0.0246. The quantitative estimate of drug-likeness (QED) is 0.787. The molecular formula is C14H19N3O3. The molecule has 1 atom stereocenters. The molecule has 0 radical (unpaired) electrons. The third-order valence-corrected chi connectivity index (χ3v) is 3.25. The number of methoxy groups -OCH3 is 1. The van der Waals surface area contributed by atoms with Gasteiger partial charge < -0.3 is 15.4 Å². The lowest BCUT2D eigenvalue weighted by Crippen LogP contribution is -2.37. The standard InChI is InChI=1S/C14H19N3O3/c1-20-14(19)17-12-6-4-11(5-7-12)16-13(18)10-3-2-8-15-9-10/h4-7,10,15H,2-3,8-9H2,1H3,(H,16,18)(H,17,19)/t10-/m0/s1. The molecule has 1 fully saturated rings. The van der Waals surface area contributed by atoms with Crippen molar-refractivity contribution in [3.05, 3.63) is 24.3 Å². The zero-order valence-corrected chi connectivity index (χ0v) is 11.4. The monoisotopic (exact) mass is 277 g/mol. The molecule has 0 spiro atoms. The number of hydrogen-bond donors (Lipinski definition) is 3. The molecule has 0 unspecified atom stereocenters. The van der Waals surface area contributed by atoms with Crippen molar-refractivity contribution in [2.24, 2.45) is 5.92 Å². The van der Waals surface area contributed by atoms with Gasteiger partial charge in [-0.1, -0.05) is 0 Å². The molecule has 1 aliphatic heterocycles. The molecule has 1 aromatic carbocycles. The normalized spacial score (nSPS) is 18.1. The molecule has 0 saturated carbocycles. The van der Waals surface area contributed by atoms with Crippen LogP contribution in [-0.2, 0) is 9.53 Å². The zero-order chi connectivity index (χ0) is 14.4. The molecule has 1 heterocycles. The molecule has 0 aromatic heterocycles. The van der Waals surface area contributed by atoms with E-state index in [9.17, 15) is 9.59 Å². The highest BCUT2D eigenvalue weighted by Gasteiger charge is 2.20. The van der Waals surface area contributed by atoms with Crippen LogP contribution in [0.1, 0.15) is 12.8 Å². The van der Waals surface area contributed by atoms with Crippen molar-refractivity contribution < 1.29 is 14.3 Å². The van der Waals surface area contributed by atoms with Gasteiger partial charge in [-0.3, -0.25) is 10.1 Å². The second-order valence-electron chi connectivity index (χ2n) is 4.73. The van der Waals surface area contributed by atoms with Gasteiger partial charge in [0.1, 0.15) is 0 Å². The van der Waals surface area contributed by atoms with E-state index in [4.69, 9.17) is 0 Å². The van der Waals surface area contributed by atoms with E-state index in [0.717, 1.165) is 31.6 Å². The van der Waals surface area contributed by atoms with Crippen LogP contribution in [0.25, 0.3) is 0 Å². The molecule has 3 N–H and O–H groups in total. The summed E-state index contributed by atoms with van der Waals surface area (Å²) in [5, 5.41) is 8.65. The number of carbonyl (C=O) groups excluding carboxylic acids is 2. The summed E-state index contributed by atoms with van der Waals surface area (Å²) in [6.45, 7) is 1.71. The van der Waals surface area contributed by atoms with Gasteiger partial charge in [0.25, 0.3) is 0 Å². The first-order valence-corrected chi connectivity index (χ1v) is 6.65. The number of benzene rings is 1. The van der Waals surface area contributed by atoms with Gasteiger partial charge >= 0.3 is 6.09 Å². The van der Waals surface area contributed by atoms with Crippen LogP contribution in [0.4, 0.5) is 16.2 Å². The average molecular weight is 277 g/mol. The number of ether oxygens (including phenoxy) is 1. The van der Waals surface area contributed by atoms with E-state index in [1.807, 2.05) is 0 Å². The van der Waals surface area contributed by atoms with E-state index >= 15 is 0 Å². The van der Waals surface area contributed by atoms with E-state index < -0.39 is 6.09 Å². The summed E-state index contributed by atoms with van der Waals surface area (Å²) in [5.41, 5.74) is 1.34. The number of hydrogen-bond acceptors (Lipinski definition) is 4. The van der Waals surface area contributed by atoms with E-state index in [0.29, 0.717) is 5.69 Å². The highest BCUT2D eigenvalue weighted by atomic mass is 16.5. The number of rotatable bonds is 3. The lowest BCUT2D eigenvalue weighted by atomic mass is 9.99. The minimum Gasteiger partial charge on any atom is -0.453 e. The molecular weight excluding hydrogens is 258 g/mol. The lowest BCUT2D eigenvalue weighted by molar-refractivity contribution is -0.120. The highest BCUT2D eigenvalue weighted by molar-refractivity contribution is 5.93. The molecule has 0 aliphatic carbocycles. The van der Waals surface area contributed by atoms with Gasteiger partial charge in [-0.05, 0) is 43.7 Å². The third kappa shape index (κ3) is 3.96. The summed E-state index contributed by atoms with van der Waals surface area (Å²) in [6.07, 6.45) is 1.43. The van der Waals surface area contributed by atoms with Gasteiger partial charge in [-0.2, -0.15) is 0 Å². The number of piperidine rings is 1. The van der Waals surface area contributed by atoms with E-state index in [1.165, 1.54) is 7.11 Å². The van der Waals surface area contributed by atoms with Crippen LogP contribution < -0.4 is 16.0 Å². The van der Waals surface area contributed by atoms with E-state index in [-0.39, 0.29) is 11.8 Å². The van der Waals surface area contributed by atoms with Gasteiger partial charge in [0.15, 0.2) is 0 Å². The number of carbonyl (C=O) groups is 2. The summed E-state index contributed by atoms with van der Waals surface area (Å²) in [6, 6.07) is 6.93. The first-order chi connectivity index (χ1) is 9.69. The maximum atomic E-state index is 12.0. The van der Waals surface area contributed by atoms with Crippen molar-refractivity contribution in [2.75, 3.05) is 30.8 Å². The van der Waals surface area contributed by atoms with Crippen molar-refractivity contribution in [1.29, 1.82) is 0 Å². The summed E-state index contributed by atoms with van der Waals surface area (Å²) < 4.78 is 4.50. The Kier molecular flexibility index (Phi) is 4.95. The second-order valence-corrected chi connectivity index (χ2v) is 4.73. The summed E-state index contributed by atoms with van der Waals surface area (Å²) in [7, 11) is 1.31. The Bertz CT molecular complexity index is 467. The maximum Gasteiger partial charge on any atom is 0.411 e. The van der Waals surface area contributed by atoms with Crippen molar-refractivity contribution in [1.82, 2.24) is 5.32 Å². The van der Waals surface area contributed by atoms with Crippen molar-refractivity contribution in [3.8, 4) is 0 Å². The predicted molar refractivity (Wildman–Crippen MR) is 76.7 cm³/mol. The highest BCUT2D eigenvalue weighted by Crippen LogP contribution is 2.17. The minimum atomic E-state index is -0.518. The maximum absolute atomic E-state index is 12.0. The Balaban J connectivity index is 1.89. The van der Waals surface area contributed by atoms with Crippen LogP contribution >= 0.6 is 0 Å². The molecule has 2 amide bonds. The molecule has 1 aromatic rings. The smallest absolute Gasteiger partial charge is 0.411 e. The fraction of sp³-hybridized carbons (Fsp3) is 0.429. The Morgan fingerprint density at radius 1 is 1.20 bits per heavy atom. The fourth-order valence-electron chi connectivity index (χ4n) is 2.13. The molecule has 2 rings (SSSR count). The van der Waals surface area contributed by atoms with E-state index in [1.54, 1.807) is 24.3 Å². The van der Waals surface area contributed by atoms with Gasteiger partial charge in [0.2, 0.25) is 5.91 Å². The lowest BCUT2D eigenvalue weighted by Gasteiger charge is -2.21. The first kappa shape index (κ1) is 14.3. The van der Waals surface area contributed by atoms with Crippen LogP contribution in [0, 0.1) is 5.92 Å². The molecule has 6 nitrogen and oxygen atoms in total. The Morgan fingerprint density at radius 2 is 1.85 bits per heavy atom. The summed E-state index contributed by atoms with van der Waals surface area (Å²) >= 11 is 0. The molecule has 20 heavy (non-hydrogen) atoms. The molecule has 6 heteroatoms. The Labute approximate surface area is 117 Å². The largest absolute Gasteiger partial charge is 0.453 e. The van der Waals surface area contributed by atoms with Crippen LogP contribution in [-0.4, -0.2) is 32.2 Å². The molecule has 1 saturated heterocycles. The number of nitrogens with one attached hydrogen (secondary N) is 3. The zero-order valence-electron chi connectivity index (χ0n) is 11.4. The summed E-state index contributed by atoms with van der Waals surface area (Å²) in [4.78, 5) is 23.1. The van der Waals surface area contributed by atoms with Crippen LogP contribution in [0.15, 0.2) is 24.3 Å². The topological polar surface area (TPSA) is 79.5 Å². The number of amides is 2. The van der Waals surface area contributed by atoms with E-state index in [2.05, 4.69) is 20.7 Å². The van der Waals surface area contributed by atoms with Gasteiger partial charge in [0, 0.05) is 17.9 Å². The second kappa shape index (κ2) is 6.91. The van der Waals surface area contributed by atoms with Crippen molar-refractivity contribution in [2.45, 2.75) is 12.8 Å². The number of anilines is 2. The molecule has 108 valence electrons. The fourth-order valence-corrected chi connectivity index (χ4v) is 2.13. The van der Waals surface area contributed by atoms with Crippen LogP contribution in [0.5, 0.6) is 0 Å². The predicted octanol–water partition coefficient (Wildman–Crippen LogP) is 1.80. The molecule has 0 bridgehead atoms. The van der Waals surface area contributed by atoms with Crippen LogP contribution in [0.2, 0.25) is 0 Å². The van der Waals surface area contributed by atoms with Crippen molar-refractivity contribution >= 4 is 23.4 Å². The molecule has 1 aliphatic rings. The van der Waals surface area contributed by atoms with Gasteiger partial charge in [-0.25, -0.2) is 4.79 Å². The average Bonchev–Trinajstić information content (AvgIpc) is 2.50. The van der Waals surface area contributed by atoms with Gasteiger partial charge in [0.05, 0.1) is 13.0 Å². The third-order valence-electron chi connectivity index (χ3n) is 3.25.